The van der Waals surface area contributed by atoms with E-state index in [1.807, 2.05) is 43.3 Å². The molecule has 0 spiro atoms. The zero-order valence-corrected chi connectivity index (χ0v) is 10.7. The van der Waals surface area contributed by atoms with Crippen LogP contribution in [0, 0.1) is 6.92 Å². The van der Waals surface area contributed by atoms with E-state index in [4.69, 9.17) is 11.6 Å². The van der Waals surface area contributed by atoms with Gasteiger partial charge in [-0.15, -0.1) is 0 Å². The van der Waals surface area contributed by atoms with E-state index >= 15 is 0 Å². The molecule has 0 heterocycles. The summed E-state index contributed by atoms with van der Waals surface area (Å²) in [6.07, 6.45) is 0. The normalized spacial score (nSPS) is 12.4. The number of hydrogen-bond donors (Lipinski definition) is 1. The van der Waals surface area contributed by atoms with Gasteiger partial charge in [0.1, 0.15) is 5.75 Å². The minimum atomic E-state index is 0.298. The van der Waals surface area contributed by atoms with Crippen LogP contribution in [0.2, 0.25) is 5.02 Å². The summed E-state index contributed by atoms with van der Waals surface area (Å²) < 4.78 is 0. The molecule has 0 aromatic heterocycles. The second-order valence-electron chi connectivity index (χ2n) is 4.32. The lowest BCUT2D eigenvalue weighted by molar-refractivity contribution is 0.471. The smallest absolute Gasteiger partial charge is 0.118 e. The first-order chi connectivity index (χ1) is 8.08. The van der Waals surface area contributed by atoms with Crippen molar-refractivity contribution in [1.82, 2.24) is 0 Å². The minimum Gasteiger partial charge on any atom is -0.508 e. The van der Waals surface area contributed by atoms with Crippen molar-refractivity contribution in [3.05, 3.63) is 64.2 Å². The Balaban J connectivity index is 2.33. The summed E-state index contributed by atoms with van der Waals surface area (Å²) in [5, 5.41) is 10.3. The number of hydrogen-bond acceptors (Lipinski definition) is 1. The van der Waals surface area contributed by atoms with Crippen molar-refractivity contribution in [3.63, 3.8) is 0 Å². The third-order valence-corrected chi connectivity index (χ3v) is 3.34. The number of aryl methyl sites for hydroxylation is 1. The second kappa shape index (κ2) is 4.80. The molecule has 0 saturated carbocycles. The number of phenolic OH excluding ortho intramolecular Hbond substituents is 1. The Morgan fingerprint density at radius 3 is 2.18 bits per heavy atom. The number of rotatable bonds is 2. The van der Waals surface area contributed by atoms with Gasteiger partial charge in [0, 0.05) is 10.9 Å². The van der Waals surface area contributed by atoms with Gasteiger partial charge in [0.25, 0.3) is 0 Å². The van der Waals surface area contributed by atoms with E-state index in [1.165, 1.54) is 11.1 Å². The lowest BCUT2D eigenvalue weighted by Gasteiger charge is -2.13. The fourth-order valence-corrected chi connectivity index (χ4v) is 2.02. The SMILES string of the molecule is Cc1cc(C(C)c2ccc(Cl)cc2)ccc1O. The van der Waals surface area contributed by atoms with Crippen molar-refractivity contribution in [2.45, 2.75) is 19.8 Å². The molecule has 1 N–H and O–H groups in total. The van der Waals surface area contributed by atoms with Gasteiger partial charge in [-0.05, 0) is 41.8 Å². The van der Waals surface area contributed by atoms with E-state index in [0.29, 0.717) is 11.7 Å². The van der Waals surface area contributed by atoms with Crippen molar-refractivity contribution in [3.8, 4) is 5.75 Å². The number of aromatic hydroxyl groups is 1. The van der Waals surface area contributed by atoms with Crippen molar-refractivity contribution in [2.24, 2.45) is 0 Å². The fraction of sp³-hybridized carbons (Fsp3) is 0.200. The average Bonchev–Trinajstić information content (AvgIpc) is 2.33. The van der Waals surface area contributed by atoms with E-state index in [9.17, 15) is 5.11 Å². The Kier molecular flexibility index (Phi) is 3.39. The molecule has 17 heavy (non-hydrogen) atoms. The molecular weight excluding hydrogens is 232 g/mol. The van der Waals surface area contributed by atoms with E-state index in [-0.39, 0.29) is 0 Å². The van der Waals surface area contributed by atoms with E-state index in [1.54, 1.807) is 6.07 Å². The van der Waals surface area contributed by atoms with E-state index < -0.39 is 0 Å². The molecule has 2 heteroatoms. The highest BCUT2D eigenvalue weighted by atomic mass is 35.5. The predicted molar refractivity (Wildman–Crippen MR) is 71.8 cm³/mol. The number of halogens is 1. The summed E-state index contributed by atoms with van der Waals surface area (Å²) in [7, 11) is 0. The molecule has 0 fully saturated rings. The second-order valence-corrected chi connectivity index (χ2v) is 4.76. The molecule has 2 aromatic rings. The van der Waals surface area contributed by atoms with Crippen molar-refractivity contribution in [2.75, 3.05) is 0 Å². The summed E-state index contributed by atoms with van der Waals surface area (Å²) in [5.74, 6) is 0.642. The lowest BCUT2D eigenvalue weighted by Crippen LogP contribution is -1.96. The molecule has 0 bridgehead atoms. The molecule has 0 aliphatic heterocycles. The topological polar surface area (TPSA) is 20.2 Å². The highest BCUT2D eigenvalue weighted by Crippen LogP contribution is 2.28. The molecule has 0 aliphatic rings. The van der Waals surface area contributed by atoms with E-state index in [2.05, 4.69) is 6.92 Å². The van der Waals surface area contributed by atoms with Crippen LogP contribution in [-0.4, -0.2) is 5.11 Å². The maximum Gasteiger partial charge on any atom is 0.118 e. The van der Waals surface area contributed by atoms with Crippen molar-refractivity contribution >= 4 is 11.6 Å². The summed E-state index contributed by atoms with van der Waals surface area (Å²) in [4.78, 5) is 0. The highest BCUT2D eigenvalue weighted by molar-refractivity contribution is 6.30. The van der Waals surface area contributed by atoms with Gasteiger partial charge in [0.15, 0.2) is 0 Å². The molecule has 0 amide bonds. The molecule has 0 radical (unpaired) electrons. The summed E-state index contributed by atoms with van der Waals surface area (Å²) >= 11 is 5.88. The standard InChI is InChI=1S/C15H15ClO/c1-10-9-13(5-8-15(10)17)11(2)12-3-6-14(16)7-4-12/h3-9,11,17H,1-2H3. The van der Waals surface area contributed by atoms with Crippen LogP contribution in [0.5, 0.6) is 5.75 Å². The van der Waals surface area contributed by atoms with Crippen LogP contribution >= 0.6 is 11.6 Å². The average molecular weight is 247 g/mol. The van der Waals surface area contributed by atoms with Crippen LogP contribution in [0.4, 0.5) is 0 Å². The molecule has 0 aliphatic carbocycles. The van der Waals surface area contributed by atoms with Gasteiger partial charge in [-0.3, -0.25) is 0 Å². The van der Waals surface area contributed by atoms with Crippen LogP contribution < -0.4 is 0 Å². The molecule has 1 nitrogen and oxygen atoms in total. The van der Waals surface area contributed by atoms with Crippen LogP contribution in [0.1, 0.15) is 29.5 Å². The Bertz CT molecular complexity index is 517. The first kappa shape index (κ1) is 12.0. The van der Waals surface area contributed by atoms with Crippen molar-refractivity contribution < 1.29 is 5.11 Å². The molecular formula is C15H15ClO. The molecule has 1 unspecified atom stereocenters. The van der Waals surface area contributed by atoms with Gasteiger partial charge in [-0.25, -0.2) is 0 Å². The zero-order valence-electron chi connectivity index (χ0n) is 9.94. The van der Waals surface area contributed by atoms with Gasteiger partial charge in [0.05, 0.1) is 0 Å². The maximum atomic E-state index is 9.51. The maximum absolute atomic E-state index is 9.51. The van der Waals surface area contributed by atoms with Crippen LogP contribution in [0.25, 0.3) is 0 Å². The Morgan fingerprint density at radius 1 is 1.00 bits per heavy atom. The zero-order chi connectivity index (χ0) is 12.4. The quantitative estimate of drug-likeness (QED) is 0.827. The number of benzene rings is 2. The van der Waals surface area contributed by atoms with Gasteiger partial charge < -0.3 is 5.11 Å². The molecule has 2 aromatic carbocycles. The first-order valence-corrected chi connectivity index (χ1v) is 6.00. The van der Waals surface area contributed by atoms with Gasteiger partial charge >= 0.3 is 0 Å². The third-order valence-electron chi connectivity index (χ3n) is 3.09. The predicted octanol–water partition coefficient (Wildman–Crippen LogP) is 4.51. The molecule has 0 saturated heterocycles. The Hall–Kier alpha value is -1.47. The van der Waals surface area contributed by atoms with Gasteiger partial charge in [-0.1, -0.05) is 42.8 Å². The monoisotopic (exact) mass is 246 g/mol. The van der Waals surface area contributed by atoms with E-state index in [0.717, 1.165) is 10.6 Å². The van der Waals surface area contributed by atoms with Crippen molar-refractivity contribution in [1.29, 1.82) is 0 Å². The largest absolute Gasteiger partial charge is 0.508 e. The summed E-state index contributed by atoms with van der Waals surface area (Å²) in [6.45, 7) is 4.06. The van der Waals surface area contributed by atoms with Crippen LogP contribution in [0.15, 0.2) is 42.5 Å². The first-order valence-electron chi connectivity index (χ1n) is 5.63. The number of phenols is 1. The molecule has 1 atom stereocenters. The molecule has 88 valence electrons. The third kappa shape index (κ3) is 2.62. The molecule has 2 rings (SSSR count). The Morgan fingerprint density at radius 2 is 1.59 bits per heavy atom. The van der Waals surface area contributed by atoms with Gasteiger partial charge in [0.2, 0.25) is 0 Å². The fourth-order valence-electron chi connectivity index (χ4n) is 1.89. The van der Waals surface area contributed by atoms with Crippen LogP contribution in [-0.2, 0) is 0 Å². The Labute approximate surface area is 107 Å². The van der Waals surface area contributed by atoms with Crippen LogP contribution in [0.3, 0.4) is 0 Å². The summed E-state index contributed by atoms with van der Waals surface area (Å²) in [5.41, 5.74) is 3.32. The summed E-state index contributed by atoms with van der Waals surface area (Å²) in [6, 6.07) is 13.6. The van der Waals surface area contributed by atoms with Gasteiger partial charge in [-0.2, -0.15) is 0 Å². The lowest BCUT2D eigenvalue weighted by atomic mass is 9.92. The minimum absolute atomic E-state index is 0.298. The highest BCUT2D eigenvalue weighted by Gasteiger charge is 2.09.